The number of rotatable bonds is 4. The lowest BCUT2D eigenvalue weighted by molar-refractivity contribution is 0.385. The Hall–Kier alpha value is -3.60. The summed E-state index contributed by atoms with van der Waals surface area (Å²) in [5.74, 6) is -0.184. The summed E-state index contributed by atoms with van der Waals surface area (Å²) in [5, 5.41) is 15.2. The van der Waals surface area contributed by atoms with Crippen molar-refractivity contribution >= 4 is 26.7 Å². The second-order valence-corrected chi connectivity index (χ2v) is 9.46. The van der Waals surface area contributed by atoms with E-state index in [1.165, 1.54) is 22.6 Å². The van der Waals surface area contributed by atoms with Crippen molar-refractivity contribution in [3.63, 3.8) is 0 Å². The van der Waals surface area contributed by atoms with Crippen LogP contribution in [0.1, 0.15) is 24.3 Å². The third kappa shape index (κ3) is 3.64. The van der Waals surface area contributed by atoms with Crippen LogP contribution < -0.4 is 4.31 Å². The zero-order chi connectivity index (χ0) is 22.3. The van der Waals surface area contributed by atoms with Gasteiger partial charge >= 0.3 is 0 Å². The van der Waals surface area contributed by atoms with Crippen LogP contribution in [0.4, 0.5) is 10.2 Å². The highest BCUT2D eigenvalue weighted by Gasteiger charge is 2.31. The lowest BCUT2D eigenvalue weighted by Crippen LogP contribution is -2.38. The van der Waals surface area contributed by atoms with Crippen molar-refractivity contribution in [1.29, 1.82) is 0 Å². The van der Waals surface area contributed by atoms with Gasteiger partial charge in [0.05, 0.1) is 12.2 Å². The largest absolute Gasteiger partial charge is 0.504 e. The molecule has 164 valence electrons. The van der Waals surface area contributed by atoms with E-state index in [1.54, 1.807) is 24.3 Å². The molecule has 3 aromatic heterocycles. The van der Waals surface area contributed by atoms with Crippen molar-refractivity contribution in [2.45, 2.75) is 19.3 Å². The van der Waals surface area contributed by atoms with E-state index < -0.39 is 10.0 Å². The number of aromatic nitrogens is 4. The van der Waals surface area contributed by atoms with Crippen LogP contribution in [0, 0.1) is 5.82 Å². The molecule has 0 spiro atoms. The first-order chi connectivity index (χ1) is 15.4. The number of nitrogens with zero attached hydrogens (tertiary/aromatic N) is 5. The minimum atomic E-state index is -3.55. The van der Waals surface area contributed by atoms with E-state index in [1.807, 2.05) is 0 Å². The van der Waals surface area contributed by atoms with Gasteiger partial charge in [-0.2, -0.15) is 4.98 Å². The van der Waals surface area contributed by atoms with Crippen LogP contribution >= 0.6 is 0 Å². The highest BCUT2D eigenvalue weighted by molar-refractivity contribution is 7.92. The van der Waals surface area contributed by atoms with Crippen LogP contribution in [0.5, 0.6) is 5.75 Å². The number of hydrogen-bond donors (Lipinski definition) is 1. The molecule has 32 heavy (non-hydrogen) atoms. The second kappa shape index (κ2) is 7.83. The van der Waals surface area contributed by atoms with Crippen molar-refractivity contribution in [3.8, 4) is 17.3 Å². The van der Waals surface area contributed by atoms with Crippen LogP contribution in [0.2, 0.25) is 0 Å². The number of anilines is 1. The third-order valence-electron chi connectivity index (χ3n) is 5.25. The van der Waals surface area contributed by atoms with Gasteiger partial charge in [-0.3, -0.25) is 9.29 Å². The fourth-order valence-electron chi connectivity index (χ4n) is 3.68. The molecule has 11 heteroatoms. The highest BCUT2D eigenvalue weighted by Crippen LogP contribution is 2.38. The molecule has 1 aromatic carbocycles. The fourth-order valence-corrected chi connectivity index (χ4v) is 5.28. The summed E-state index contributed by atoms with van der Waals surface area (Å²) >= 11 is 0. The van der Waals surface area contributed by atoms with E-state index in [0.29, 0.717) is 18.2 Å². The number of fused-ring (bicyclic) bond motifs is 1. The van der Waals surface area contributed by atoms with Gasteiger partial charge < -0.3 is 9.63 Å². The quantitative estimate of drug-likeness (QED) is 0.498. The standard InChI is InChI=1S/C21H18FN5O4S/c22-14-7-5-13(6-8-14)12-16-24-20(26-31-16)18-19(28)17-15(4-3-9-23-17)21(25-18)27-10-1-2-11-32(27,29)30/h3-9,28H,1-2,10-12H2. The van der Waals surface area contributed by atoms with Crippen LogP contribution in [0.25, 0.3) is 22.4 Å². The topological polar surface area (TPSA) is 122 Å². The van der Waals surface area contributed by atoms with Crippen molar-refractivity contribution in [3.05, 3.63) is 59.9 Å². The number of pyridine rings is 2. The molecule has 1 fully saturated rings. The molecule has 9 nitrogen and oxygen atoms in total. The predicted octanol–water partition coefficient (Wildman–Crippen LogP) is 3.05. The summed E-state index contributed by atoms with van der Waals surface area (Å²) in [6.07, 6.45) is 3.03. The van der Waals surface area contributed by atoms with Gasteiger partial charge in [0.1, 0.15) is 11.3 Å². The maximum Gasteiger partial charge on any atom is 0.236 e. The Balaban J connectivity index is 1.60. The molecule has 5 rings (SSSR count). The molecule has 0 radical (unpaired) electrons. The molecule has 0 atom stereocenters. The molecule has 4 aromatic rings. The minimum Gasteiger partial charge on any atom is -0.504 e. The Morgan fingerprint density at radius 3 is 2.72 bits per heavy atom. The monoisotopic (exact) mass is 455 g/mol. The zero-order valence-electron chi connectivity index (χ0n) is 16.8. The Bertz CT molecular complexity index is 1410. The van der Waals surface area contributed by atoms with Crippen LogP contribution in [-0.2, 0) is 16.4 Å². The smallest absolute Gasteiger partial charge is 0.236 e. The van der Waals surface area contributed by atoms with Crippen molar-refractivity contribution < 1.29 is 22.4 Å². The van der Waals surface area contributed by atoms with Gasteiger partial charge in [0.2, 0.25) is 21.7 Å². The van der Waals surface area contributed by atoms with E-state index in [9.17, 15) is 17.9 Å². The van der Waals surface area contributed by atoms with Gasteiger partial charge in [0, 0.05) is 18.1 Å². The Kier molecular flexibility index (Phi) is 4.97. The van der Waals surface area contributed by atoms with Crippen LogP contribution in [-0.4, -0.2) is 45.9 Å². The Labute approximate surface area is 182 Å². The molecule has 0 unspecified atom stereocenters. The van der Waals surface area contributed by atoms with Crippen molar-refractivity contribution in [2.75, 3.05) is 16.6 Å². The van der Waals surface area contributed by atoms with Gasteiger partial charge in [-0.1, -0.05) is 17.3 Å². The van der Waals surface area contributed by atoms with E-state index >= 15 is 0 Å². The predicted molar refractivity (Wildman–Crippen MR) is 114 cm³/mol. The summed E-state index contributed by atoms with van der Waals surface area (Å²) in [6.45, 7) is 0.283. The number of benzene rings is 1. The van der Waals surface area contributed by atoms with Crippen LogP contribution in [0.3, 0.4) is 0 Å². The molecule has 4 heterocycles. The first-order valence-corrected chi connectivity index (χ1v) is 11.6. The van der Waals surface area contributed by atoms with E-state index in [0.717, 1.165) is 5.56 Å². The Morgan fingerprint density at radius 1 is 1.12 bits per heavy atom. The molecule has 0 bridgehead atoms. The fraction of sp³-hybridized carbons (Fsp3) is 0.238. The number of hydrogen-bond acceptors (Lipinski definition) is 8. The van der Waals surface area contributed by atoms with E-state index in [2.05, 4.69) is 20.1 Å². The maximum absolute atomic E-state index is 13.1. The lowest BCUT2D eigenvalue weighted by Gasteiger charge is -2.28. The minimum absolute atomic E-state index is 0.00261. The van der Waals surface area contributed by atoms with Gasteiger partial charge in [-0.05, 0) is 42.7 Å². The van der Waals surface area contributed by atoms with Gasteiger partial charge in [0.25, 0.3) is 0 Å². The molecule has 0 amide bonds. The average Bonchev–Trinajstić information content (AvgIpc) is 3.24. The third-order valence-corrected chi connectivity index (χ3v) is 7.08. The van der Waals surface area contributed by atoms with Crippen molar-refractivity contribution in [2.24, 2.45) is 0 Å². The number of sulfonamides is 1. The highest BCUT2D eigenvalue weighted by atomic mass is 32.2. The summed E-state index contributed by atoms with van der Waals surface area (Å²) in [4.78, 5) is 13.0. The molecule has 0 aliphatic carbocycles. The molecule has 1 aliphatic heterocycles. The first-order valence-electron chi connectivity index (χ1n) is 9.98. The van der Waals surface area contributed by atoms with E-state index in [4.69, 9.17) is 4.52 Å². The molecular formula is C21H18FN5O4S. The Morgan fingerprint density at radius 2 is 1.94 bits per heavy atom. The SMILES string of the molecule is O=S1(=O)CCCCN1c1nc(-c2noc(Cc3ccc(F)cc3)n2)c(O)c2ncccc12. The number of aromatic hydroxyl groups is 1. The molecule has 1 N–H and O–H groups in total. The summed E-state index contributed by atoms with van der Waals surface area (Å²) < 4.78 is 45.1. The normalized spacial score (nSPS) is 15.8. The van der Waals surface area contributed by atoms with Gasteiger partial charge in [-0.25, -0.2) is 17.8 Å². The number of halogens is 1. The summed E-state index contributed by atoms with van der Waals surface area (Å²) in [6, 6.07) is 9.19. The average molecular weight is 455 g/mol. The first kappa shape index (κ1) is 20.3. The molecule has 0 saturated carbocycles. The summed E-state index contributed by atoms with van der Waals surface area (Å²) in [7, 11) is -3.55. The summed E-state index contributed by atoms with van der Waals surface area (Å²) in [5.41, 5.74) is 0.929. The second-order valence-electron chi connectivity index (χ2n) is 7.44. The van der Waals surface area contributed by atoms with Crippen molar-refractivity contribution in [1.82, 2.24) is 20.1 Å². The molecule has 1 saturated heterocycles. The van der Waals surface area contributed by atoms with Gasteiger partial charge in [0.15, 0.2) is 17.3 Å². The maximum atomic E-state index is 13.1. The molecular weight excluding hydrogens is 437 g/mol. The van der Waals surface area contributed by atoms with Crippen LogP contribution in [0.15, 0.2) is 47.1 Å². The molecule has 1 aliphatic rings. The lowest BCUT2D eigenvalue weighted by atomic mass is 10.1. The van der Waals surface area contributed by atoms with Gasteiger partial charge in [-0.15, -0.1) is 0 Å². The zero-order valence-corrected chi connectivity index (χ0v) is 17.6. The van der Waals surface area contributed by atoms with E-state index in [-0.39, 0.29) is 59.0 Å².